The molecule has 0 aromatic heterocycles. The quantitative estimate of drug-likeness (QED) is 0.821. The van der Waals surface area contributed by atoms with Gasteiger partial charge in [0.2, 0.25) is 0 Å². The predicted molar refractivity (Wildman–Crippen MR) is 49.9 cm³/mol. The zero-order valence-electron chi connectivity index (χ0n) is 6.12. The van der Waals surface area contributed by atoms with Gasteiger partial charge in [-0.25, -0.2) is 4.72 Å². The zero-order valence-corrected chi connectivity index (χ0v) is 8.52. The van der Waals surface area contributed by atoms with E-state index in [4.69, 9.17) is 0 Å². The third-order valence-corrected chi connectivity index (χ3v) is 2.22. The van der Waals surface area contributed by atoms with Crippen molar-refractivity contribution in [3.05, 3.63) is 34.3 Å². The lowest BCUT2D eigenvalue weighted by Gasteiger charge is -2.06. The molecule has 3 nitrogen and oxygen atoms in total. The molecule has 5 heteroatoms. The van der Waals surface area contributed by atoms with E-state index in [1.54, 1.807) is 0 Å². The topological polar surface area (TPSA) is 52.2 Å². The summed E-state index contributed by atoms with van der Waals surface area (Å²) in [7, 11) is 0. The van der Waals surface area contributed by atoms with Gasteiger partial charge in [-0.2, -0.15) is 0 Å². The van der Waals surface area contributed by atoms with E-state index in [1.165, 1.54) is 0 Å². The average molecular weight is 249 g/mol. The summed E-state index contributed by atoms with van der Waals surface area (Å²) >= 11 is 1.10. The summed E-state index contributed by atoms with van der Waals surface area (Å²) in [5.74, 6) is 0. The van der Waals surface area contributed by atoms with Crippen LogP contribution in [0.4, 0.5) is 0 Å². The molecule has 0 aliphatic carbocycles. The summed E-state index contributed by atoms with van der Waals surface area (Å²) in [6, 6.07) is 7.43. The van der Waals surface area contributed by atoms with Crippen molar-refractivity contribution in [3.8, 4) is 0 Å². The number of halogens is 1. The van der Waals surface area contributed by atoms with Crippen LogP contribution in [-0.4, -0.2) is 8.76 Å². The molecular formula is C7H7BrNO2S-. The van der Waals surface area contributed by atoms with Gasteiger partial charge in [0, 0.05) is 22.3 Å². The second-order valence-electron chi connectivity index (χ2n) is 2.18. The molecule has 1 N–H and O–H groups in total. The van der Waals surface area contributed by atoms with Gasteiger partial charge in [0.1, 0.15) is 0 Å². The standard InChI is InChI=1S/C7H8BrNO2S/c8-7-3-1-6(2-4-7)5-9-12(10)11/h1-4,9H,5H2,(H,10,11)/p-1. The molecule has 1 aromatic rings. The largest absolute Gasteiger partial charge is 0.760 e. The smallest absolute Gasteiger partial charge is 0.0322 e. The molecule has 0 aliphatic heterocycles. The number of hydrogen-bond acceptors (Lipinski definition) is 2. The maximum Gasteiger partial charge on any atom is 0.0322 e. The Balaban J connectivity index is 2.53. The van der Waals surface area contributed by atoms with Crippen molar-refractivity contribution in [1.82, 2.24) is 4.72 Å². The van der Waals surface area contributed by atoms with Crippen molar-refractivity contribution < 1.29 is 8.76 Å². The Bertz CT molecular complexity index is 275. The van der Waals surface area contributed by atoms with E-state index in [0.717, 1.165) is 10.0 Å². The Hall–Kier alpha value is -0.230. The van der Waals surface area contributed by atoms with Gasteiger partial charge in [-0.1, -0.05) is 28.1 Å². The summed E-state index contributed by atoms with van der Waals surface area (Å²) in [6.07, 6.45) is 0. The third kappa shape index (κ3) is 3.44. The molecule has 0 bridgehead atoms. The van der Waals surface area contributed by atoms with Crippen LogP contribution in [0.3, 0.4) is 0 Å². The van der Waals surface area contributed by atoms with E-state index in [1.807, 2.05) is 24.3 Å². The SMILES string of the molecule is O=S([O-])NCc1ccc(Br)cc1. The lowest BCUT2D eigenvalue weighted by atomic mass is 10.2. The van der Waals surface area contributed by atoms with Crippen LogP contribution in [0.5, 0.6) is 0 Å². The van der Waals surface area contributed by atoms with Crippen LogP contribution in [0, 0.1) is 0 Å². The molecule has 0 amide bonds. The Morgan fingerprint density at radius 3 is 2.50 bits per heavy atom. The van der Waals surface area contributed by atoms with Crippen molar-refractivity contribution in [2.75, 3.05) is 0 Å². The Labute approximate surface area is 81.7 Å². The molecule has 12 heavy (non-hydrogen) atoms. The molecule has 1 aromatic carbocycles. The maximum absolute atomic E-state index is 10.1. The molecule has 0 aliphatic rings. The summed E-state index contributed by atoms with van der Waals surface area (Å²) in [6.45, 7) is 0.337. The van der Waals surface area contributed by atoms with Crippen LogP contribution < -0.4 is 4.72 Å². The normalized spacial score (nSPS) is 12.8. The Morgan fingerprint density at radius 1 is 1.42 bits per heavy atom. The fraction of sp³-hybridized carbons (Fsp3) is 0.143. The summed E-state index contributed by atoms with van der Waals surface area (Å²) < 4.78 is 23.5. The van der Waals surface area contributed by atoms with E-state index < -0.39 is 11.3 Å². The molecule has 66 valence electrons. The third-order valence-electron chi connectivity index (χ3n) is 1.31. The molecule has 0 radical (unpaired) electrons. The minimum absolute atomic E-state index is 0.337. The monoisotopic (exact) mass is 248 g/mol. The van der Waals surface area contributed by atoms with Gasteiger partial charge in [0.25, 0.3) is 0 Å². The van der Waals surface area contributed by atoms with Gasteiger partial charge in [0.15, 0.2) is 0 Å². The second-order valence-corrected chi connectivity index (χ2v) is 3.86. The minimum Gasteiger partial charge on any atom is -0.760 e. The fourth-order valence-electron chi connectivity index (χ4n) is 0.745. The summed E-state index contributed by atoms with van der Waals surface area (Å²) in [5.41, 5.74) is 0.933. The molecule has 0 heterocycles. The molecular weight excluding hydrogens is 242 g/mol. The van der Waals surface area contributed by atoms with E-state index >= 15 is 0 Å². The van der Waals surface area contributed by atoms with Crippen LogP contribution in [0.1, 0.15) is 5.56 Å². The first-order valence-electron chi connectivity index (χ1n) is 3.25. The van der Waals surface area contributed by atoms with Gasteiger partial charge in [-0.3, -0.25) is 4.21 Å². The highest BCUT2D eigenvalue weighted by Gasteiger charge is 1.91. The number of hydrogen-bond donors (Lipinski definition) is 1. The van der Waals surface area contributed by atoms with Crippen LogP contribution in [0.2, 0.25) is 0 Å². The van der Waals surface area contributed by atoms with Crippen LogP contribution in [0.25, 0.3) is 0 Å². The van der Waals surface area contributed by atoms with Gasteiger partial charge in [-0.15, -0.1) is 0 Å². The first-order chi connectivity index (χ1) is 5.68. The van der Waals surface area contributed by atoms with Crippen molar-refractivity contribution in [2.24, 2.45) is 0 Å². The molecule has 1 unspecified atom stereocenters. The van der Waals surface area contributed by atoms with Gasteiger partial charge >= 0.3 is 0 Å². The van der Waals surface area contributed by atoms with Crippen LogP contribution in [-0.2, 0) is 17.8 Å². The molecule has 0 saturated carbocycles. The number of rotatable bonds is 3. The highest BCUT2D eigenvalue weighted by atomic mass is 79.9. The first-order valence-corrected chi connectivity index (χ1v) is 5.12. The Kier molecular flexibility index (Phi) is 3.87. The Morgan fingerprint density at radius 2 is 2.00 bits per heavy atom. The lowest BCUT2D eigenvalue weighted by molar-refractivity contribution is 0.522. The zero-order chi connectivity index (χ0) is 8.97. The second kappa shape index (κ2) is 4.71. The highest BCUT2D eigenvalue weighted by molar-refractivity contribution is 9.10. The van der Waals surface area contributed by atoms with Crippen molar-refractivity contribution >= 4 is 27.2 Å². The minimum atomic E-state index is -2.18. The summed E-state index contributed by atoms with van der Waals surface area (Å²) in [5, 5.41) is 0. The molecule has 0 spiro atoms. The summed E-state index contributed by atoms with van der Waals surface area (Å²) in [4.78, 5) is 0. The van der Waals surface area contributed by atoms with Gasteiger partial charge in [-0.05, 0) is 17.7 Å². The molecule has 0 saturated heterocycles. The average Bonchev–Trinajstić information content (AvgIpc) is 2.03. The van der Waals surface area contributed by atoms with E-state index in [0.29, 0.717) is 6.54 Å². The van der Waals surface area contributed by atoms with E-state index in [2.05, 4.69) is 20.7 Å². The van der Waals surface area contributed by atoms with Crippen LogP contribution in [0.15, 0.2) is 28.7 Å². The van der Waals surface area contributed by atoms with Crippen molar-refractivity contribution in [3.63, 3.8) is 0 Å². The number of nitrogens with one attached hydrogen (secondary N) is 1. The fourth-order valence-corrected chi connectivity index (χ4v) is 1.29. The van der Waals surface area contributed by atoms with Crippen LogP contribution >= 0.6 is 15.9 Å². The van der Waals surface area contributed by atoms with E-state index in [9.17, 15) is 8.76 Å². The number of benzene rings is 1. The van der Waals surface area contributed by atoms with Crippen molar-refractivity contribution in [1.29, 1.82) is 0 Å². The van der Waals surface area contributed by atoms with E-state index in [-0.39, 0.29) is 0 Å². The maximum atomic E-state index is 10.1. The highest BCUT2D eigenvalue weighted by Crippen LogP contribution is 2.09. The van der Waals surface area contributed by atoms with Crippen molar-refractivity contribution in [2.45, 2.75) is 6.54 Å². The predicted octanol–water partition coefficient (Wildman–Crippen LogP) is 1.33. The van der Waals surface area contributed by atoms with Gasteiger partial charge in [0.05, 0.1) is 0 Å². The molecule has 0 fully saturated rings. The van der Waals surface area contributed by atoms with Gasteiger partial charge < -0.3 is 4.55 Å². The first kappa shape index (κ1) is 9.85. The lowest BCUT2D eigenvalue weighted by Crippen LogP contribution is -2.15. The molecule has 1 rings (SSSR count). The molecule has 1 atom stereocenters.